The molecule has 0 aliphatic carbocycles. The molecule has 0 bridgehead atoms. The SMILES string of the molecule is CC(CN1CCOCC1)NC1CS(=O)(=O)CC1O. The smallest absolute Gasteiger partial charge is 0.154 e. The largest absolute Gasteiger partial charge is 0.390 e. The van der Waals surface area contributed by atoms with Crippen molar-refractivity contribution in [3.63, 3.8) is 0 Å². The number of sulfone groups is 1. The molecular weight excluding hydrogens is 256 g/mol. The Morgan fingerprint density at radius 1 is 1.39 bits per heavy atom. The fourth-order valence-electron chi connectivity index (χ4n) is 2.58. The topological polar surface area (TPSA) is 78.9 Å². The molecule has 3 unspecified atom stereocenters. The number of nitrogens with zero attached hydrogens (tertiary/aromatic N) is 1. The number of aliphatic hydroxyl groups excluding tert-OH is 1. The number of hydrogen-bond acceptors (Lipinski definition) is 6. The van der Waals surface area contributed by atoms with Gasteiger partial charge in [-0.25, -0.2) is 8.42 Å². The predicted octanol–water partition coefficient (Wildman–Crippen LogP) is -1.55. The van der Waals surface area contributed by atoms with Crippen molar-refractivity contribution in [1.82, 2.24) is 10.2 Å². The van der Waals surface area contributed by atoms with Crippen LogP contribution in [0.1, 0.15) is 6.92 Å². The van der Waals surface area contributed by atoms with Crippen LogP contribution in [0.15, 0.2) is 0 Å². The Morgan fingerprint density at radius 3 is 2.61 bits per heavy atom. The van der Waals surface area contributed by atoms with Crippen LogP contribution in [0, 0.1) is 0 Å². The summed E-state index contributed by atoms with van der Waals surface area (Å²) in [5, 5.41) is 12.9. The van der Waals surface area contributed by atoms with Crippen LogP contribution in [0.4, 0.5) is 0 Å². The molecule has 2 fully saturated rings. The van der Waals surface area contributed by atoms with Gasteiger partial charge in [0.1, 0.15) is 0 Å². The number of morpholine rings is 1. The monoisotopic (exact) mass is 278 g/mol. The first kappa shape index (κ1) is 14.2. The summed E-state index contributed by atoms with van der Waals surface area (Å²) in [6, 6.07) is -0.165. The first-order chi connectivity index (χ1) is 8.46. The number of nitrogens with one attached hydrogen (secondary N) is 1. The van der Waals surface area contributed by atoms with Gasteiger partial charge in [0, 0.05) is 31.7 Å². The van der Waals surface area contributed by atoms with Gasteiger partial charge in [-0.2, -0.15) is 0 Å². The molecule has 3 atom stereocenters. The summed E-state index contributed by atoms with van der Waals surface area (Å²) in [4.78, 5) is 2.29. The molecule has 2 aliphatic heterocycles. The van der Waals surface area contributed by atoms with Crippen LogP contribution in [0.2, 0.25) is 0 Å². The fraction of sp³-hybridized carbons (Fsp3) is 1.00. The van der Waals surface area contributed by atoms with Crippen molar-refractivity contribution in [2.75, 3.05) is 44.4 Å². The van der Waals surface area contributed by atoms with E-state index in [9.17, 15) is 13.5 Å². The second-order valence-corrected chi connectivity index (χ2v) is 7.39. The highest BCUT2D eigenvalue weighted by Crippen LogP contribution is 2.13. The van der Waals surface area contributed by atoms with Gasteiger partial charge in [0.2, 0.25) is 0 Å². The van der Waals surface area contributed by atoms with Gasteiger partial charge in [-0.1, -0.05) is 0 Å². The molecular formula is C11H22N2O4S. The lowest BCUT2D eigenvalue weighted by molar-refractivity contribution is 0.0329. The summed E-state index contributed by atoms with van der Waals surface area (Å²) in [7, 11) is -3.07. The van der Waals surface area contributed by atoms with E-state index in [0.717, 1.165) is 32.8 Å². The third-order valence-electron chi connectivity index (χ3n) is 3.46. The number of hydrogen-bond donors (Lipinski definition) is 2. The van der Waals surface area contributed by atoms with Gasteiger partial charge in [-0.3, -0.25) is 4.90 Å². The highest BCUT2D eigenvalue weighted by Gasteiger charge is 2.36. The third-order valence-corrected chi connectivity index (χ3v) is 5.17. The van der Waals surface area contributed by atoms with Crippen LogP contribution in [0.3, 0.4) is 0 Å². The van der Waals surface area contributed by atoms with Crippen LogP contribution in [0.25, 0.3) is 0 Å². The molecule has 2 aliphatic rings. The lowest BCUT2D eigenvalue weighted by Crippen LogP contribution is -2.50. The molecule has 7 heteroatoms. The molecule has 2 heterocycles. The van der Waals surface area contributed by atoms with Crippen molar-refractivity contribution in [3.05, 3.63) is 0 Å². The van der Waals surface area contributed by atoms with Crippen molar-refractivity contribution >= 4 is 9.84 Å². The van der Waals surface area contributed by atoms with Crippen LogP contribution >= 0.6 is 0 Å². The maximum Gasteiger partial charge on any atom is 0.154 e. The minimum atomic E-state index is -3.07. The van der Waals surface area contributed by atoms with E-state index in [1.54, 1.807) is 0 Å². The zero-order valence-electron chi connectivity index (χ0n) is 10.7. The summed E-state index contributed by atoms with van der Waals surface area (Å²) in [5.74, 6) is -0.0729. The Bertz CT molecular complexity index is 367. The third kappa shape index (κ3) is 3.89. The number of ether oxygens (including phenoxy) is 1. The molecule has 0 radical (unpaired) electrons. The highest BCUT2D eigenvalue weighted by molar-refractivity contribution is 7.91. The van der Waals surface area contributed by atoms with Crippen LogP contribution < -0.4 is 5.32 Å². The quantitative estimate of drug-likeness (QED) is 0.648. The summed E-state index contributed by atoms with van der Waals surface area (Å²) >= 11 is 0. The molecule has 0 aromatic heterocycles. The van der Waals surface area contributed by atoms with Gasteiger partial charge in [0.05, 0.1) is 30.8 Å². The summed E-state index contributed by atoms with van der Waals surface area (Å²) < 4.78 is 28.1. The molecule has 0 saturated carbocycles. The molecule has 2 N–H and O–H groups in total. The zero-order valence-corrected chi connectivity index (χ0v) is 11.5. The van der Waals surface area contributed by atoms with E-state index in [4.69, 9.17) is 4.74 Å². The molecule has 0 aromatic rings. The predicted molar refractivity (Wildman–Crippen MR) is 68.3 cm³/mol. The summed E-state index contributed by atoms with van der Waals surface area (Å²) in [6.45, 7) is 6.22. The van der Waals surface area contributed by atoms with Crippen LogP contribution in [0.5, 0.6) is 0 Å². The van der Waals surface area contributed by atoms with E-state index in [1.165, 1.54) is 0 Å². The molecule has 6 nitrogen and oxygen atoms in total. The van der Waals surface area contributed by atoms with E-state index in [-0.39, 0.29) is 23.6 Å². The Kier molecular flexibility index (Phi) is 4.60. The summed E-state index contributed by atoms with van der Waals surface area (Å²) in [6.07, 6.45) is -0.776. The zero-order chi connectivity index (χ0) is 13.2. The van der Waals surface area contributed by atoms with Crippen molar-refractivity contribution < 1.29 is 18.3 Å². The first-order valence-corrected chi connectivity index (χ1v) is 8.23. The average molecular weight is 278 g/mol. The Labute approximate surface area is 108 Å². The summed E-state index contributed by atoms with van der Waals surface area (Å²) in [5.41, 5.74) is 0. The van der Waals surface area contributed by atoms with Gasteiger partial charge >= 0.3 is 0 Å². The normalized spacial score (nSPS) is 34.6. The van der Waals surface area contributed by atoms with Crippen molar-refractivity contribution in [2.24, 2.45) is 0 Å². The fourth-order valence-corrected chi connectivity index (χ4v) is 4.33. The van der Waals surface area contributed by atoms with Crippen LogP contribution in [-0.2, 0) is 14.6 Å². The Balaban J connectivity index is 1.78. The number of aliphatic hydroxyl groups is 1. The van der Waals surface area contributed by atoms with Crippen LogP contribution in [-0.4, -0.2) is 81.0 Å². The number of rotatable bonds is 4. The average Bonchev–Trinajstić information content (AvgIpc) is 2.53. The van der Waals surface area contributed by atoms with Crippen molar-refractivity contribution in [1.29, 1.82) is 0 Å². The minimum Gasteiger partial charge on any atom is -0.390 e. The van der Waals surface area contributed by atoms with Gasteiger partial charge in [-0.05, 0) is 6.92 Å². The highest BCUT2D eigenvalue weighted by atomic mass is 32.2. The second-order valence-electron chi connectivity index (χ2n) is 5.23. The minimum absolute atomic E-state index is 0.0433. The molecule has 18 heavy (non-hydrogen) atoms. The maximum absolute atomic E-state index is 11.4. The van der Waals surface area contributed by atoms with E-state index in [1.807, 2.05) is 6.92 Å². The molecule has 2 saturated heterocycles. The lowest BCUT2D eigenvalue weighted by atomic mass is 10.2. The molecule has 106 valence electrons. The Morgan fingerprint density at radius 2 is 2.06 bits per heavy atom. The van der Waals surface area contributed by atoms with Crippen molar-refractivity contribution in [3.8, 4) is 0 Å². The molecule has 0 aromatic carbocycles. The van der Waals surface area contributed by atoms with E-state index < -0.39 is 15.9 Å². The van der Waals surface area contributed by atoms with E-state index in [2.05, 4.69) is 10.2 Å². The van der Waals surface area contributed by atoms with Gasteiger partial charge in [0.25, 0.3) is 0 Å². The van der Waals surface area contributed by atoms with Gasteiger partial charge in [0.15, 0.2) is 9.84 Å². The first-order valence-electron chi connectivity index (χ1n) is 6.41. The standard InChI is InChI=1S/C11H22N2O4S/c1-9(6-13-2-4-17-5-3-13)12-10-7-18(15,16)8-11(10)14/h9-12,14H,2-8H2,1H3. The molecule has 0 amide bonds. The molecule has 2 rings (SSSR count). The van der Waals surface area contributed by atoms with Gasteiger partial charge < -0.3 is 15.2 Å². The second kappa shape index (κ2) is 5.83. The Hall–Kier alpha value is -0.210. The van der Waals surface area contributed by atoms with Crippen molar-refractivity contribution in [2.45, 2.75) is 25.1 Å². The maximum atomic E-state index is 11.4. The van der Waals surface area contributed by atoms with E-state index in [0.29, 0.717) is 0 Å². The molecule has 0 spiro atoms. The van der Waals surface area contributed by atoms with E-state index >= 15 is 0 Å². The lowest BCUT2D eigenvalue weighted by Gasteiger charge is -2.30. The van der Waals surface area contributed by atoms with Gasteiger partial charge in [-0.15, -0.1) is 0 Å².